The molecule has 5 fully saturated rings. The van der Waals surface area contributed by atoms with Crippen molar-refractivity contribution in [1.29, 1.82) is 0 Å². The number of hydrogen-bond acceptors (Lipinski definition) is 17. The molecule has 0 bridgehead atoms. The van der Waals surface area contributed by atoms with Gasteiger partial charge in [0.05, 0.1) is 55.3 Å². The van der Waals surface area contributed by atoms with Crippen molar-refractivity contribution in [3.63, 3.8) is 0 Å². The van der Waals surface area contributed by atoms with Crippen molar-refractivity contribution in [2.45, 2.75) is 183 Å². The van der Waals surface area contributed by atoms with Gasteiger partial charge < -0.3 is 76.5 Å². The summed E-state index contributed by atoms with van der Waals surface area (Å²) in [5.74, 6) is -0.326. The Kier molecular flexibility index (Phi) is 15.1. The third kappa shape index (κ3) is 9.45. The summed E-state index contributed by atoms with van der Waals surface area (Å²) in [6, 6.07) is 0. The number of aliphatic hydroxyl groups is 2. The number of carbonyl (C=O) groups is 1. The monoisotopic (exact) mass is 752 g/mol. The van der Waals surface area contributed by atoms with Crippen LogP contribution >= 0.6 is 0 Å². The summed E-state index contributed by atoms with van der Waals surface area (Å²) in [5.41, 5.74) is 0. The van der Waals surface area contributed by atoms with E-state index in [0.717, 1.165) is 0 Å². The van der Waals surface area contributed by atoms with E-state index in [1.807, 2.05) is 20.8 Å². The minimum absolute atomic E-state index is 0.103. The molecule has 5 aliphatic rings. The van der Waals surface area contributed by atoms with E-state index in [-0.39, 0.29) is 18.5 Å². The van der Waals surface area contributed by atoms with E-state index in [9.17, 15) is 15.0 Å². The molecule has 5 rings (SSSR count). The molecule has 17 nitrogen and oxygen atoms in total. The van der Waals surface area contributed by atoms with Gasteiger partial charge in [-0.05, 0) is 34.6 Å². The van der Waals surface area contributed by atoms with Crippen LogP contribution in [-0.4, -0.2) is 175 Å². The van der Waals surface area contributed by atoms with Gasteiger partial charge in [-0.15, -0.1) is 0 Å². The Morgan fingerprint density at radius 3 is 1.29 bits per heavy atom. The average molecular weight is 753 g/mol. The van der Waals surface area contributed by atoms with Crippen molar-refractivity contribution in [2.75, 3.05) is 35.5 Å². The van der Waals surface area contributed by atoms with E-state index in [4.69, 9.17) is 66.3 Å². The Morgan fingerprint density at radius 1 is 0.481 bits per heavy atom. The summed E-state index contributed by atoms with van der Waals surface area (Å²) in [4.78, 5) is 11.9. The number of ether oxygens (including phenoxy) is 14. The lowest BCUT2D eigenvalue weighted by molar-refractivity contribution is -0.356. The number of esters is 1. The Bertz CT molecular complexity index is 1120. The topological polar surface area (TPSA) is 187 Å². The maximum absolute atomic E-state index is 11.9. The van der Waals surface area contributed by atoms with Crippen molar-refractivity contribution in [3.05, 3.63) is 0 Å². The summed E-state index contributed by atoms with van der Waals surface area (Å²) < 4.78 is 83.9. The number of cyclic esters (lactones) is 1. The third-order valence-electron chi connectivity index (χ3n) is 10.9. The molecule has 0 spiro atoms. The lowest BCUT2D eigenvalue weighted by atomic mass is 9.98. The fourth-order valence-corrected chi connectivity index (χ4v) is 7.93. The molecule has 0 saturated carbocycles. The van der Waals surface area contributed by atoms with Crippen LogP contribution in [0.1, 0.15) is 60.3 Å². The van der Waals surface area contributed by atoms with Crippen LogP contribution in [0.2, 0.25) is 0 Å². The molecular weight excluding hydrogens is 692 g/mol. The first-order valence-electron chi connectivity index (χ1n) is 18.2. The molecular formula is C35H60O17. The predicted molar refractivity (Wildman–Crippen MR) is 177 cm³/mol. The maximum Gasteiger partial charge on any atom is 0.308 e. The third-order valence-corrected chi connectivity index (χ3v) is 10.9. The molecule has 2 N–H and O–H groups in total. The van der Waals surface area contributed by atoms with Crippen LogP contribution in [0.5, 0.6) is 0 Å². The van der Waals surface area contributed by atoms with Crippen LogP contribution in [0.4, 0.5) is 0 Å². The van der Waals surface area contributed by atoms with Gasteiger partial charge in [0.15, 0.2) is 25.2 Å². The first-order chi connectivity index (χ1) is 24.8. The number of methoxy groups -OCH3 is 5. The summed E-state index contributed by atoms with van der Waals surface area (Å²) in [6.07, 6.45) is -11.2. The Labute approximate surface area is 305 Å². The highest BCUT2D eigenvalue weighted by Gasteiger charge is 2.50. The summed E-state index contributed by atoms with van der Waals surface area (Å²) in [6.45, 7) is 9.08. The van der Waals surface area contributed by atoms with E-state index in [1.165, 1.54) is 7.11 Å². The van der Waals surface area contributed by atoms with Gasteiger partial charge in [-0.3, -0.25) is 4.79 Å². The first-order valence-corrected chi connectivity index (χ1v) is 18.2. The molecule has 0 radical (unpaired) electrons. The Balaban J connectivity index is 1.15. The van der Waals surface area contributed by atoms with E-state index >= 15 is 0 Å². The second-order valence-corrected chi connectivity index (χ2v) is 14.3. The lowest BCUT2D eigenvalue weighted by Gasteiger charge is -2.47. The van der Waals surface area contributed by atoms with Crippen LogP contribution in [0.25, 0.3) is 0 Å². The zero-order valence-electron chi connectivity index (χ0n) is 31.9. The first kappa shape index (κ1) is 42.0. The van der Waals surface area contributed by atoms with Crippen molar-refractivity contribution in [3.8, 4) is 0 Å². The molecule has 5 aliphatic heterocycles. The van der Waals surface area contributed by atoms with Gasteiger partial charge in [-0.1, -0.05) is 0 Å². The van der Waals surface area contributed by atoms with Crippen LogP contribution in [0.15, 0.2) is 0 Å². The van der Waals surface area contributed by atoms with Gasteiger partial charge >= 0.3 is 5.97 Å². The molecule has 5 heterocycles. The largest absolute Gasteiger partial charge is 0.460 e. The molecule has 0 aromatic rings. The minimum atomic E-state index is -1.22. The van der Waals surface area contributed by atoms with Crippen molar-refractivity contribution in [2.24, 2.45) is 0 Å². The zero-order valence-corrected chi connectivity index (χ0v) is 31.9. The van der Waals surface area contributed by atoms with E-state index in [2.05, 4.69) is 0 Å². The standard InChI is InChI=1S/C35H60O17/c1-15-28(37)34(43-10)29(38)35(48-15)52-33-19(5)47-27(14-23(33)42-9)51-32-18(4)46-26(13-22(32)41-8)50-31-17(3)45-25(12-21(31)40-7)49-30-16(2)44-24(36)11-20(30)39-6/h15-23,25-35,37-38H,11-14H2,1-10H3/t15-,16-,17-,18-,19-,20-,21+,22+,23+,25+,26+,27+,28+,29-,30-,31-,32-,33-,34+,35+/m1/s1. The van der Waals surface area contributed by atoms with E-state index in [0.29, 0.717) is 19.3 Å². The smallest absolute Gasteiger partial charge is 0.308 e. The van der Waals surface area contributed by atoms with Crippen LogP contribution in [0.3, 0.4) is 0 Å². The Morgan fingerprint density at radius 2 is 0.885 bits per heavy atom. The molecule has 0 aliphatic carbocycles. The van der Waals surface area contributed by atoms with E-state index in [1.54, 1.807) is 42.3 Å². The summed E-state index contributed by atoms with van der Waals surface area (Å²) >= 11 is 0. The fraction of sp³-hybridized carbons (Fsp3) is 0.971. The normalized spacial score (nSPS) is 49.0. The second-order valence-electron chi connectivity index (χ2n) is 14.3. The molecule has 20 atom stereocenters. The van der Waals surface area contributed by atoms with Crippen LogP contribution in [0, 0.1) is 0 Å². The van der Waals surface area contributed by atoms with Crippen LogP contribution < -0.4 is 0 Å². The quantitative estimate of drug-likeness (QED) is 0.252. The van der Waals surface area contributed by atoms with Gasteiger partial charge in [-0.2, -0.15) is 0 Å². The lowest BCUT2D eigenvalue weighted by Crippen LogP contribution is -2.61. The van der Waals surface area contributed by atoms with Gasteiger partial charge in [-0.25, -0.2) is 0 Å². The maximum atomic E-state index is 11.9. The number of aliphatic hydroxyl groups excluding tert-OH is 2. The molecule has 17 heteroatoms. The highest BCUT2D eigenvalue weighted by Crippen LogP contribution is 2.36. The second kappa shape index (κ2) is 18.7. The van der Waals surface area contributed by atoms with Crippen molar-refractivity contribution >= 4 is 5.97 Å². The SMILES string of the molecule is CO[C@H]1[C@@H](O)[C@@H](C)O[C@@H](O[C@H]2[C@@H](OC)C[C@H](O[C@H]3[C@@H](OC)C[C@H](O[C@H]4[C@@H](OC)C[C@H](O[C@@H]5[C@@H](C)OC(=O)C[C@H]5OC)O[C@@H]4C)O[C@@H]3C)O[C@@H]2C)[C@@H]1O. The molecule has 0 aromatic carbocycles. The number of hydrogen-bond donors (Lipinski definition) is 2. The van der Waals surface area contributed by atoms with Gasteiger partial charge in [0.25, 0.3) is 0 Å². The van der Waals surface area contributed by atoms with Gasteiger partial charge in [0.2, 0.25) is 0 Å². The molecule has 0 amide bonds. The molecule has 5 saturated heterocycles. The van der Waals surface area contributed by atoms with Crippen LogP contribution in [-0.2, 0) is 71.1 Å². The predicted octanol–water partition coefficient (Wildman–Crippen LogP) is 0.809. The average Bonchev–Trinajstić information content (AvgIpc) is 3.11. The van der Waals surface area contributed by atoms with Crippen molar-refractivity contribution in [1.82, 2.24) is 0 Å². The molecule has 0 unspecified atom stereocenters. The van der Waals surface area contributed by atoms with Gasteiger partial charge in [0.1, 0.15) is 48.8 Å². The zero-order chi connectivity index (χ0) is 37.9. The Hall–Kier alpha value is -1.13. The highest BCUT2D eigenvalue weighted by molar-refractivity contribution is 5.71. The molecule has 302 valence electrons. The number of carbonyl (C=O) groups excluding carboxylic acids is 1. The number of rotatable bonds is 13. The summed E-state index contributed by atoms with van der Waals surface area (Å²) in [7, 11) is 7.77. The van der Waals surface area contributed by atoms with Crippen molar-refractivity contribution < 1.29 is 81.3 Å². The summed E-state index contributed by atoms with van der Waals surface area (Å²) in [5, 5.41) is 21.2. The van der Waals surface area contributed by atoms with Gasteiger partial charge in [0, 0.05) is 54.8 Å². The molecule has 52 heavy (non-hydrogen) atoms. The highest BCUT2D eigenvalue weighted by atomic mass is 16.8. The van der Waals surface area contributed by atoms with E-state index < -0.39 is 117 Å². The molecule has 0 aromatic heterocycles. The minimum Gasteiger partial charge on any atom is -0.460 e. The fourth-order valence-electron chi connectivity index (χ4n) is 7.93.